The lowest BCUT2D eigenvalue weighted by atomic mass is 10.0. The number of rotatable bonds is 2. The van der Waals surface area contributed by atoms with Crippen LogP contribution < -0.4 is 0 Å². The maximum absolute atomic E-state index is 11.5. The molecule has 0 atom stereocenters. The summed E-state index contributed by atoms with van der Waals surface area (Å²) in [4.78, 5) is 15.8. The van der Waals surface area contributed by atoms with E-state index in [1.165, 1.54) is 32.4 Å². The lowest BCUT2D eigenvalue weighted by Crippen LogP contribution is -2.48. The van der Waals surface area contributed by atoms with Crippen LogP contribution in [0.4, 0.5) is 4.79 Å². The van der Waals surface area contributed by atoms with Crippen LogP contribution in [-0.2, 0) is 4.74 Å². The Labute approximate surface area is 120 Å². The first-order valence-electron chi connectivity index (χ1n) is 6.53. The average Bonchev–Trinajstić information content (AvgIpc) is 2.40. The molecule has 6 heteroatoms. The van der Waals surface area contributed by atoms with Crippen molar-refractivity contribution in [1.82, 2.24) is 9.80 Å². The highest BCUT2D eigenvalue weighted by atomic mass is 35.5. The lowest BCUT2D eigenvalue weighted by molar-refractivity contribution is 0.0736. The largest absolute Gasteiger partial charge is 0.433 e. The number of likely N-dealkylation sites (tertiary alicyclic amines) is 2. The summed E-state index contributed by atoms with van der Waals surface area (Å²) in [7, 11) is 0. The van der Waals surface area contributed by atoms with Crippen molar-refractivity contribution in [3.05, 3.63) is 0 Å². The number of alkyl halides is 1. The molecule has 2 saturated heterocycles. The van der Waals surface area contributed by atoms with Crippen LogP contribution in [0.15, 0.2) is 0 Å². The Morgan fingerprint density at radius 1 is 1.11 bits per heavy atom. The van der Waals surface area contributed by atoms with Gasteiger partial charge in [-0.25, -0.2) is 4.79 Å². The molecule has 0 unspecified atom stereocenters. The first-order valence-corrected chi connectivity index (χ1v) is 7.06. The van der Waals surface area contributed by atoms with Crippen LogP contribution in [0.25, 0.3) is 0 Å². The molecule has 0 spiro atoms. The number of carbonyl (C=O) groups excluding carboxylic acids is 1. The number of halogens is 2. The van der Waals surface area contributed by atoms with E-state index in [2.05, 4.69) is 4.90 Å². The molecule has 0 aromatic heterocycles. The molecule has 106 valence electrons. The molecular weight excluding hydrogens is 275 g/mol. The first-order chi connectivity index (χ1) is 8.31. The molecule has 2 aliphatic heterocycles. The van der Waals surface area contributed by atoms with Crippen molar-refractivity contribution < 1.29 is 9.53 Å². The average molecular weight is 297 g/mol. The van der Waals surface area contributed by atoms with E-state index in [1.807, 2.05) is 0 Å². The molecule has 2 heterocycles. The van der Waals surface area contributed by atoms with Crippen LogP contribution in [0.2, 0.25) is 0 Å². The molecule has 0 aromatic carbocycles. The lowest BCUT2D eigenvalue weighted by Gasteiger charge is -2.39. The zero-order chi connectivity index (χ0) is 12.1. The molecule has 4 nitrogen and oxygen atoms in total. The van der Waals surface area contributed by atoms with E-state index in [0.717, 1.165) is 25.9 Å². The van der Waals surface area contributed by atoms with Crippen LogP contribution >= 0.6 is 24.0 Å². The monoisotopic (exact) mass is 296 g/mol. The molecule has 2 aliphatic rings. The molecular formula is C12H22Cl2N2O2. The normalized spacial score (nSPS) is 22.4. The third kappa shape index (κ3) is 4.18. The minimum absolute atomic E-state index is 0. The SMILES string of the molecule is Cl.O=C(OCCl)N1CCC(N2CCCCC2)CC1. The maximum atomic E-state index is 11.5. The molecule has 1 amide bonds. The van der Waals surface area contributed by atoms with Crippen molar-refractivity contribution in [1.29, 1.82) is 0 Å². The Bertz CT molecular complexity index is 252. The fourth-order valence-corrected chi connectivity index (χ4v) is 2.93. The minimum Gasteiger partial charge on any atom is -0.433 e. The van der Waals surface area contributed by atoms with Gasteiger partial charge in [-0.2, -0.15) is 0 Å². The number of carbonyl (C=O) groups is 1. The minimum atomic E-state index is -0.267. The Kier molecular flexibility index (Phi) is 7.12. The Balaban J connectivity index is 0.00000162. The van der Waals surface area contributed by atoms with Gasteiger partial charge in [0.05, 0.1) is 0 Å². The molecule has 2 fully saturated rings. The Morgan fingerprint density at radius 2 is 1.72 bits per heavy atom. The van der Waals surface area contributed by atoms with E-state index in [-0.39, 0.29) is 24.6 Å². The van der Waals surface area contributed by atoms with Crippen molar-refractivity contribution in [3.8, 4) is 0 Å². The first kappa shape index (κ1) is 15.9. The van der Waals surface area contributed by atoms with Gasteiger partial charge in [-0.3, -0.25) is 0 Å². The topological polar surface area (TPSA) is 32.8 Å². The van der Waals surface area contributed by atoms with E-state index < -0.39 is 0 Å². The number of hydrogen-bond acceptors (Lipinski definition) is 3. The maximum Gasteiger partial charge on any atom is 0.410 e. The van der Waals surface area contributed by atoms with Gasteiger partial charge in [-0.1, -0.05) is 18.0 Å². The quantitative estimate of drug-likeness (QED) is 0.735. The van der Waals surface area contributed by atoms with Crippen molar-refractivity contribution in [2.24, 2.45) is 0 Å². The second kappa shape index (κ2) is 8.08. The van der Waals surface area contributed by atoms with Gasteiger partial charge in [0.25, 0.3) is 0 Å². The number of amides is 1. The summed E-state index contributed by atoms with van der Waals surface area (Å²) >= 11 is 5.39. The molecule has 0 aliphatic carbocycles. The molecule has 0 aromatic rings. The summed E-state index contributed by atoms with van der Waals surface area (Å²) in [6.45, 7) is 4.07. The summed E-state index contributed by atoms with van der Waals surface area (Å²) in [5, 5.41) is 0. The second-order valence-corrected chi connectivity index (χ2v) is 5.05. The van der Waals surface area contributed by atoms with Crippen LogP contribution in [0, 0.1) is 0 Å². The van der Waals surface area contributed by atoms with Gasteiger partial charge in [0.2, 0.25) is 0 Å². The van der Waals surface area contributed by atoms with Gasteiger partial charge in [-0.05, 0) is 38.8 Å². The van der Waals surface area contributed by atoms with Crippen LogP contribution in [0.5, 0.6) is 0 Å². The number of nitrogens with zero attached hydrogens (tertiary/aromatic N) is 2. The summed E-state index contributed by atoms with van der Waals surface area (Å²) in [5.74, 6) is 0. The van der Waals surface area contributed by atoms with Crippen molar-refractivity contribution in [2.45, 2.75) is 38.1 Å². The molecule has 2 rings (SSSR count). The van der Waals surface area contributed by atoms with E-state index in [9.17, 15) is 4.79 Å². The van der Waals surface area contributed by atoms with Crippen LogP contribution in [0.1, 0.15) is 32.1 Å². The van der Waals surface area contributed by atoms with E-state index in [1.54, 1.807) is 4.90 Å². The van der Waals surface area contributed by atoms with Gasteiger partial charge >= 0.3 is 6.09 Å². The zero-order valence-corrected chi connectivity index (χ0v) is 12.2. The van der Waals surface area contributed by atoms with Gasteiger partial charge in [-0.15, -0.1) is 12.4 Å². The van der Waals surface area contributed by atoms with Gasteiger partial charge < -0.3 is 14.5 Å². The predicted molar refractivity (Wildman–Crippen MR) is 74.5 cm³/mol. The summed E-state index contributed by atoms with van der Waals surface area (Å²) in [6, 6.07) is 0.612. The zero-order valence-electron chi connectivity index (χ0n) is 10.6. The highest BCUT2D eigenvalue weighted by Crippen LogP contribution is 2.21. The summed E-state index contributed by atoms with van der Waals surface area (Å²) < 4.78 is 4.80. The second-order valence-electron chi connectivity index (χ2n) is 4.83. The summed E-state index contributed by atoms with van der Waals surface area (Å²) in [5.41, 5.74) is 0. The van der Waals surface area contributed by atoms with Gasteiger partial charge in [0.15, 0.2) is 6.07 Å². The third-order valence-corrected chi connectivity index (χ3v) is 3.92. The summed E-state index contributed by atoms with van der Waals surface area (Å²) in [6.07, 6.45) is 5.90. The highest BCUT2D eigenvalue weighted by Gasteiger charge is 2.27. The number of piperidine rings is 2. The van der Waals surface area contributed by atoms with Crippen molar-refractivity contribution in [3.63, 3.8) is 0 Å². The fraction of sp³-hybridized carbons (Fsp3) is 0.917. The van der Waals surface area contributed by atoms with Crippen molar-refractivity contribution >= 4 is 30.1 Å². The Hall–Kier alpha value is -0.190. The molecule has 0 saturated carbocycles. The molecule has 0 N–H and O–H groups in total. The predicted octanol–water partition coefficient (Wildman–Crippen LogP) is 2.69. The van der Waals surface area contributed by atoms with Crippen molar-refractivity contribution in [2.75, 3.05) is 32.2 Å². The fourth-order valence-electron chi connectivity index (χ4n) is 2.84. The molecule has 0 bridgehead atoms. The number of ether oxygens (including phenoxy) is 1. The Morgan fingerprint density at radius 3 is 2.28 bits per heavy atom. The van der Waals surface area contributed by atoms with Gasteiger partial charge in [0.1, 0.15) is 0 Å². The standard InChI is InChI=1S/C12H21ClN2O2.ClH/c13-10-17-12(16)15-8-4-11(5-9-15)14-6-2-1-3-7-14;/h11H,1-10H2;1H. The van der Waals surface area contributed by atoms with Gasteiger partial charge in [0, 0.05) is 19.1 Å². The smallest absolute Gasteiger partial charge is 0.410 e. The highest BCUT2D eigenvalue weighted by molar-refractivity contribution is 6.17. The van der Waals surface area contributed by atoms with E-state index in [4.69, 9.17) is 16.3 Å². The van der Waals surface area contributed by atoms with E-state index >= 15 is 0 Å². The third-order valence-electron chi connectivity index (χ3n) is 3.81. The number of hydrogen-bond donors (Lipinski definition) is 0. The van der Waals surface area contributed by atoms with E-state index in [0.29, 0.717) is 6.04 Å². The van der Waals surface area contributed by atoms with Crippen LogP contribution in [-0.4, -0.2) is 54.2 Å². The molecule has 0 radical (unpaired) electrons. The molecule has 18 heavy (non-hydrogen) atoms. The van der Waals surface area contributed by atoms with Crippen LogP contribution in [0.3, 0.4) is 0 Å².